The van der Waals surface area contributed by atoms with Gasteiger partial charge in [0, 0.05) is 25.7 Å². The molecule has 5 heteroatoms. The summed E-state index contributed by atoms with van der Waals surface area (Å²) in [6.07, 6.45) is 4.07. The summed E-state index contributed by atoms with van der Waals surface area (Å²) >= 11 is 0. The standard InChI is InChI=1S/C13H24N4O/c1-5-11-12(9-17(4)16-11)15-13(18)7-6-8-14-10(2)3/h9-10,14H,5-8H2,1-4H3,(H,15,18). The number of amides is 1. The van der Waals surface area contributed by atoms with E-state index < -0.39 is 0 Å². The highest BCUT2D eigenvalue weighted by Gasteiger charge is 2.09. The third-order valence-electron chi connectivity index (χ3n) is 2.65. The first-order valence-corrected chi connectivity index (χ1v) is 6.58. The molecule has 0 saturated heterocycles. The minimum atomic E-state index is 0.0586. The lowest BCUT2D eigenvalue weighted by atomic mass is 10.2. The molecule has 0 spiro atoms. The summed E-state index contributed by atoms with van der Waals surface area (Å²) in [5, 5.41) is 10.5. The zero-order chi connectivity index (χ0) is 13.5. The molecule has 1 rings (SSSR count). The molecule has 2 N–H and O–H groups in total. The summed E-state index contributed by atoms with van der Waals surface area (Å²) in [6, 6.07) is 0.470. The maximum absolute atomic E-state index is 11.8. The zero-order valence-corrected chi connectivity index (χ0v) is 11.8. The molecular formula is C13H24N4O. The predicted molar refractivity (Wildman–Crippen MR) is 73.6 cm³/mol. The van der Waals surface area contributed by atoms with Crippen LogP contribution in [-0.4, -0.2) is 28.3 Å². The van der Waals surface area contributed by atoms with E-state index in [1.165, 1.54) is 0 Å². The van der Waals surface area contributed by atoms with Crippen LogP contribution in [0.3, 0.4) is 0 Å². The van der Waals surface area contributed by atoms with E-state index >= 15 is 0 Å². The van der Waals surface area contributed by atoms with Crippen molar-refractivity contribution in [3.8, 4) is 0 Å². The van der Waals surface area contributed by atoms with Crippen LogP contribution in [0.5, 0.6) is 0 Å². The average Bonchev–Trinajstić information content (AvgIpc) is 2.64. The third kappa shape index (κ3) is 4.87. The van der Waals surface area contributed by atoms with Crippen LogP contribution in [-0.2, 0) is 18.3 Å². The van der Waals surface area contributed by atoms with Crippen molar-refractivity contribution < 1.29 is 4.79 Å². The van der Waals surface area contributed by atoms with Gasteiger partial charge in [0.25, 0.3) is 0 Å². The molecule has 102 valence electrons. The number of hydrogen-bond acceptors (Lipinski definition) is 3. The lowest BCUT2D eigenvalue weighted by molar-refractivity contribution is -0.116. The molecule has 0 atom stereocenters. The van der Waals surface area contributed by atoms with Crippen LogP contribution < -0.4 is 10.6 Å². The number of hydrogen-bond donors (Lipinski definition) is 2. The Hall–Kier alpha value is -1.36. The Morgan fingerprint density at radius 3 is 2.83 bits per heavy atom. The normalized spacial score (nSPS) is 10.9. The lowest BCUT2D eigenvalue weighted by Gasteiger charge is -2.08. The lowest BCUT2D eigenvalue weighted by Crippen LogP contribution is -2.24. The maximum Gasteiger partial charge on any atom is 0.224 e. The predicted octanol–water partition coefficient (Wildman–Crippen LogP) is 1.70. The number of carbonyl (C=O) groups excluding carboxylic acids is 1. The van der Waals surface area contributed by atoms with Crippen LogP contribution >= 0.6 is 0 Å². The minimum absolute atomic E-state index is 0.0586. The van der Waals surface area contributed by atoms with Gasteiger partial charge < -0.3 is 10.6 Å². The molecule has 1 aromatic rings. The largest absolute Gasteiger partial charge is 0.323 e. The topological polar surface area (TPSA) is 59.0 Å². The van der Waals surface area contributed by atoms with Crippen LogP contribution in [0.4, 0.5) is 5.69 Å². The highest BCUT2D eigenvalue weighted by Crippen LogP contribution is 2.13. The van der Waals surface area contributed by atoms with Gasteiger partial charge in [-0.25, -0.2) is 0 Å². The van der Waals surface area contributed by atoms with Crippen molar-refractivity contribution in [2.24, 2.45) is 7.05 Å². The van der Waals surface area contributed by atoms with Crippen molar-refractivity contribution in [1.82, 2.24) is 15.1 Å². The monoisotopic (exact) mass is 252 g/mol. The summed E-state index contributed by atoms with van der Waals surface area (Å²) in [6.45, 7) is 7.11. The number of carbonyl (C=O) groups is 1. The van der Waals surface area contributed by atoms with Crippen LogP contribution in [0, 0.1) is 0 Å². The van der Waals surface area contributed by atoms with Crippen molar-refractivity contribution in [2.75, 3.05) is 11.9 Å². The summed E-state index contributed by atoms with van der Waals surface area (Å²) in [4.78, 5) is 11.8. The smallest absolute Gasteiger partial charge is 0.224 e. The first kappa shape index (κ1) is 14.7. The van der Waals surface area contributed by atoms with Crippen LogP contribution in [0.15, 0.2) is 6.20 Å². The fourth-order valence-electron chi connectivity index (χ4n) is 1.75. The molecule has 1 aromatic heterocycles. The molecule has 0 aromatic carbocycles. The first-order chi connectivity index (χ1) is 8.52. The van der Waals surface area contributed by atoms with E-state index in [1.807, 2.05) is 20.2 Å². The summed E-state index contributed by atoms with van der Waals surface area (Å²) in [5.74, 6) is 0.0586. The van der Waals surface area contributed by atoms with Gasteiger partial charge >= 0.3 is 0 Å². The molecule has 0 bridgehead atoms. The molecule has 18 heavy (non-hydrogen) atoms. The van der Waals surface area contributed by atoms with E-state index in [0.717, 1.165) is 30.8 Å². The van der Waals surface area contributed by atoms with Crippen molar-refractivity contribution in [3.63, 3.8) is 0 Å². The van der Waals surface area contributed by atoms with E-state index in [0.29, 0.717) is 12.5 Å². The van der Waals surface area contributed by atoms with Crippen molar-refractivity contribution in [3.05, 3.63) is 11.9 Å². The number of nitrogens with one attached hydrogen (secondary N) is 2. The second kappa shape index (κ2) is 7.16. The zero-order valence-electron chi connectivity index (χ0n) is 11.8. The van der Waals surface area contributed by atoms with Gasteiger partial charge in [0.15, 0.2) is 0 Å². The summed E-state index contributed by atoms with van der Waals surface area (Å²) in [7, 11) is 1.86. The average molecular weight is 252 g/mol. The third-order valence-corrected chi connectivity index (χ3v) is 2.65. The molecule has 0 saturated carbocycles. The number of aromatic nitrogens is 2. The van der Waals surface area contributed by atoms with Crippen LogP contribution in [0.25, 0.3) is 0 Å². The number of aryl methyl sites for hydroxylation is 2. The Labute approximate surface area is 109 Å². The van der Waals surface area contributed by atoms with Crippen molar-refractivity contribution >= 4 is 11.6 Å². The van der Waals surface area contributed by atoms with Gasteiger partial charge in [0.2, 0.25) is 5.91 Å². The Kier molecular flexibility index (Phi) is 5.85. The molecular weight excluding hydrogens is 228 g/mol. The van der Waals surface area contributed by atoms with Gasteiger partial charge in [0.05, 0.1) is 11.4 Å². The molecule has 0 unspecified atom stereocenters. The molecule has 0 radical (unpaired) electrons. The molecule has 1 amide bonds. The van der Waals surface area contributed by atoms with Crippen LogP contribution in [0.2, 0.25) is 0 Å². The molecule has 0 fully saturated rings. The van der Waals surface area contributed by atoms with E-state index in [4.69, 9.17) is 0 Å². The van der Waals surface area contributed by atoms with Gasteiger partial charge in [-0.2, -0.15) is 5.10 Å². The highest BCUT2D eigenvalue weighted by atomic mass is 16.1. The van der Waals surface area contributed by atoms with Gasteiger partial charge in [-0.3, -0.25) is 9.48 Å². The van der Waals surface area contributed by atoms with E-state index in [1.54, 1.807) is 4.68 Å². The quantitative estimate of drug-likeness (QED) is 0.726. The molecule has 0 aliphatic rings. The summed E-state index contributed by atoms with van der Waals surface area (Å²) < 4.78 is 1.73. The van der Waals surface area contributed by atoms with Gasteiger partial charge in [-0.1, -0.05) is 20.8 Å². The van der Waals surface area contributed by atoms with Crippen molar-refractivity contribution in [2.45, 2.75) is 46.1 Å². The van der Waals surface area contributed by atoms with E-state index in [-0.39, 0.29) is 5.91 Å². The second-order valence-electron chi connectivity index (χ2n) is 4.78. The molecule has 5 nitrogen and oxygen atoms in total. The highest BCUT2D eigenvalue weighted by molar-refractivity contribution is 5.91. The molecule has 1 heterocycles. The maximum atomic E-state index is 11.8. The number of anilines is 1. The van der Waals surface area contributed by atoms with Crippen molar-refractivity contribution in [1.29, 1.82) is 0 Å². The Balaban J connectivity index is 2.35. The van der Waals surface area contributed by atoms with Crippen LogP contribution in [0.1, 0.15) is 39.3 Å². The van der Waals surface area contributed by atoms with Gasteiger partial charge in [-0.05, 0) is 19.4 Å². The van der Waals surface area contributed by atoms with Gasteiger partial charge in [-0.15, -0.1) is 0 Å². The fourth-order valence-corrected chi connectivity index (χ4v) is 1.75. The Morgan fingerprint density at radius 1 is 1.50 bits per heavy atom. The number of nitrogens with zero attached hydrogens (tertiary/aromatic N) is 2. The molecule has 0 aliphatic heterocycles. The second-order valence-corrected chi connectivity index (χ2v) is 4.78. The number of rotatable bonds is 7. The fraction of sp³-hybridized carbons (Fsp3) is 0.692. The molecule has 0 aliphatic carbocycles. The van der Waals surface area contributed by atoms with E-state index in [2.05, 4.69) is 29.6 Å². The first-order valence-electron chi connectivity index (χ1n) is 6.58. The van der Waals surface area contributed by atoms with Gasteiger partial charge in [0.1, 0.15) is 0 Å². The van der Waals surface area contributed by atoms with E-state index in [9.17, 15) is 4.79 Å². The SMILES string of the molecule is CCc1nn(C)cc1NC(=O)CCCNC(C)C. The summed E-state index contributed by atoms with van der Waals surface area (Å²) in [5.41, 5.74) is 1.77. The Bertz CT molecular complexity index is 384. The minimum Gasteiger partial charge on any atom is -0.323 e. The Morgan fingerprint density at radius 2 is 2.22 bits per heavy atom.